The summed E-state index contributed by atoms with van der Waals surface area (Å²) in [5.74, 6) is 0.813. The second-order valence-corrected chi connectivity index (χ2v) is 8.29. The summed E-state index contributed by atoms with van der Waals surface area (Å²) < 4.78 is 6.25. The van der Waals surface area contributed by atoms with Crippen LogP contribution in [0.3, 0.4) is 0 Å². The summed E-state index contributed by atoms with van der Waals surface area (Å²) in [6.45, 7) is 10.7. The Bertz CT molecular complexity index is 346. The highest BCUT2D eigenvalue weighted by molar-refractivity contribution is 5.09. The molecular weight excluding hydrogens is 250 g/mol. The van der Waals surface area contributed by atoms with Crippen molar-refractivity contribution in [2.75, 3.05) is 26.2 Å². The van der Waals surface area contributed by atoms with Gasteiger partial charge in [0.25, 0.3) is 0 Å². The molecule has 0 aromatic carbocycles. The Morgan fingerprint density at radius 1 is 1.25 bits per heavy atom. The fraction of sp³-hybridized carbons (Fsp3) is 1.00. The van der Waals surface area contributed by atoms with E-state index < -0.39 is 0 Å². The topological polar surface area (TPSA) is 32.7 Å². The monoisotopic (exact) mass is 281 g/mol. The standard InChI is InChI=1S/C17H31NO2/c1-16(2)13-6-7-17(3,10-13)15(16)20-12-14(19)11-18-8-4-5-9-18/h13-15,19H,4-12H2,1-3H3/t13-,14-,15-,17-/m1/s1. The van der Waals surface area contributed by atoms with Crippen LogP contribution in [0.15, 0.2) is 0 Å². The summed E-state index contributed by atoms with van der Waals surface area (Å²) in [6, 6.07) is 0. The Morgan fingerprint density at radius 3 is 2.55 bits per heavy atom. The van der Waals surface area contributed by atoms with Crippen molar-refractivity contribution in [2.45, 2.75) is 65.1 Å². The van der Waals surface area contributed by atoms with Gasteiger partial charge in [-0.2, -0.15) is 0 Å². The normalized spacial score (nSPS) is 41.4. The number of aliphatic hydroxyl groups is 1. The molecule has 3 fully saturated rings. The van der Waals surface area contributed by atoms with Gasteiger partial charge in [-0.1, -0.05) is 20.8 Å². The van der Waals surface area contributed by atoms with Gasteiger partial charge in [0.2, 0.25) is 0 Å². The van der Waals surface area contributed by atoms with Crippen LogP contribution in [-0.2, 0) is 4.74 Å². The Hall–Kier alpha value is -0.120. The zero-order valence-corrected chi connectivity index (χ0v) is 13.4. The van der Waals surface area contributed by atoms with E-state index in [1.807, 2.05) is 0 Å². The third kappa shape index (κ3) is 2.53. The predicted octanol–water partition coefficient (Wildman–Crippen LogP) is 2.67. The van der Waals surface area contributed by atoms with Crippen LogP contribution in [0.5, 0.6) is 0 Å². The summed E-state index contributed by atoms with van der Waals surface area (Å²) in [7, 11) is 0. The fourth-order valence-corrected chi connectivity index (χ4v) is 5.20. The van der Waals surface area contributed by atoms with E-state index in [1.165, 1.54) is 32.1 Å². The molecule has 0 aromatic rings. The molecule has 1 saturated heterocycles. The summed E-state index contributed by atoms with van der Waals surface area (Å²) in [6.07, 6.45) is 6.53. The molecule has 4 atom stereocenters. The van der Waals surface area contributed by atoms with Crippen molar-refractivity contribution in [1.29, 1.82) is 0 Å². The molecule has 0 aromatic heterocycles. The van der Waals surface area contributed by atoms with Crippen LogP contribution in [0.1, 0.15) is 52.9 Å². The first-order valence-electron chi connectivity index (χ1n) is 8.44. The number of ether oxygens (including phenoxy) is 1. The zero-order chi connectivity index (χ0) is 14.4. The van der Waals surface area contributed by atoms with E-state index in [2.05, 4.69) is 25.7 Å². The summed E-state index contributed by atoms with van der Waals surface area (Å²) in [4.78, 5) is 2.36. The maximum absolute atomic E-state index is 10.2. The number of β-amino-alcohol motifs (C(OH)–C–C–N with tert-alkyl or cyclic N) is 1. The summed E-state index contributed by atoms with van der Waals surface area (Å²) >= 11 is 0. The van der Waals surface area contributed by atoms with Crippen molar-refractivity contribution in [3.8, 4) is 0 Å². The quantitative estimate of drug-likeness (QED) is 0.841. The van der Waals surface area contributed by atoms with E-state index in [9.17, 15) is 5.11 Å². The average molecular weight is 281 g/mol. The molecule has 3 heteroatoms. The van der Waals surface area contributed by atoms with Crippen LogP contribution in [-0.4, -0.2) is 48.5 Å². The lowest BCUT2D eigenvalue weighted by Gasteiger charge is -2.42. The van der Waals surface area contributed by atoms with Gasteiger partial charge < -0.3 is 14.7 Å². The molecule has 3 nitrogen and oxygen atoms in total. The summed E-state index contributed by atoms with van der Waals surface area (Å²) in [5, 5.41) is 10.2. The predicted molar refractivity (Wildman–Crippen MR) is 80.6 cm³/mol. The lowest BCUT2D eigenvalue weighted by Crippen LogP contribution is -2.44. The molecule has 0 spiro atoms. The molecule has 3 rings (SSSR count). The highest BCUT2D eigenvalue weighted by Crippen LogP contribution is 2.63. The van der Waals surface area contributed by atoms with Crippen molar-refractivity contribution in [1.82, 2.24) is 4.90 Å². The van der Waals surface area contributed by atoms with Crippen molar-refractivity contribution in [3.05, 3.63) is 0 Å². The van der Waals surface area contributed by atoms with Gasteiger partial charge in [0.05, 0.1) is 18.8 Å². The molecule has 1 aliphatic heterocycles. The highest BCUT2D eigenvalue weighted by atomic mass is 16.5. The van der Waals surface area contributed by atoms with Crippen LogP contribution in [0, 0.1) is 16.7 Å². The number of hydrogen-bond acceptors (Lipinski definition) is 3. The van der Waals surface area contributed by atoms with Gasteiger partial charge in [0, 0.05) is 6.54 Å². The number of likely N-dealkylation sites (tertiary alicyclic amines) is 1. The van der Waals surface area contributed by atoms with Gasteiger partial charge in [-0.05, 0) is 61.9 Å². The zero-order valence-electron chi connectivity index (χ0n) is 13.4. The van der Waals surface area contributed by atoms with E-state index in [0.29, 0.717) is 18.1 Å². The third-order valence-electron chi connectivity index (χ3n) is 6.26. The maximum Gasteiger partial charge on any atom is 0.0900 e. The maximum atomic E-state index is 10.2. The third-order valence-corrected chi connectivity index (χ3v) is 6.26. The van der Waals surface area contributed by atoms with Crippen LogP contribution in [0.4, 0.5) is 0 Å². The first-order chi connectivity index (χ1) is 9.42. The number of nitrogens with zero attached hydrogens (tertiary/aromatic N) is 1. The minimum Gasteiger partial charge on any atom is -0.389 e. The molecule has 0 amide bonds. The molecular formula is C17H31NO2. The Kier molecular flexibility index (Phi) is 3.89. The van der Waals surface area contributed by atoms with Gasteiger partial charge >= 0.3 is 0 Å². The lowest BCUT2D eigenvalue weighted by atomic mass is 9.70. The van der Waals surface area contributed by atoms with Crippen molar-refractivity contribution in [2.24, 2.45) is 16.7 Å². The Balaban J connectivity index is 1.52. The van der Waals surface area contributed by atoms with Crippen LogP contribution in [0.2, 0.25) is 0 Å². The Labute approximate surface area is 123 Å². The minimum absolute atomic E-state index is 0.278. The molecule has 3 aliphatic rings. The molecule has 0 unspecified atom stereocenters. The molecule has 116 valence electrons. The van der Waals surface area contributed by atoms with Gasteiger partial charge in [0.1, 0.15) is 0 Å². The molecule has 1 heterocycles. The van der Waals surface area contributed by atoms with E-state index in [-0.39, 0.29) is 11.5 Å². The number of aliphatic hydroxyl groups excluding tert-OH is 1. The van der Waals surface area contributed by atoms with Gasteiger partial charge in [-0.25, -0.2) is 0 Å². The molecule has 0 radical (unpaired) electrons. The fourth-order valence-electron chi connectivity index (χ4n) is 5.20. The van der Waals surface area contributed by atoms with E-state index in [1.54, 1.807) is 0 Å². The van der Waals surface area contributed by atoms with E-state index in [4.69, 9.17) is 4.74 Å². The van der Waals surface area contributed by atoms with E-state index >= 15 is 0 Å². The number of rotatable bonds is 5. The Morgan fingerprint density at radius 2 is 1.95 bits per heavy atom. The van der Waals surface area contributed by atoms with Crippen molar-refractivity contribution < 1.29 is 9.84 Å². The minimum atomic E-state index is -0.327. The largest absolute Gasteiger partial charge is 0.389 e. The smallest absolute Gasteiger partial charge is 0.0900 e. The molecule has 1 N–H and O–H groups in total. The van der Waals surface area contributed by atoms with Crippen LogP contribution in [0.25, 0.3) is 0 Å². The first kappa shape index (κ1) is 14.8. The number of fused-ring (bicyclic) bond motifs is 2. The lowest BCUT2D eigenvalue weighted by molar-refractivity contribution is -0.113. The highest BCUT2D eigenvalue weighted by Gasteiger charge is 2.60. The van der Waals surface area contributed by atoms with E-state index in [0.717, 1.165) is 25.6 Å². The molecule has 20 heavy (non-hydrogen) atoms. The SMILES string of the molecule is CC1(C)[C@@H]2CC[C@](C)(C2)[C@@H]1OC[C@H](O)CN1CCCC1. The van der Waals surface area contributed by atoms with Crippen LogP contribution >= 0.6 is 0 Å². The molecule has 2 bridgehead atoms. The second kappa shape index (κ2) is 5.26. The first-order valence-corrected chi connectivity index (χ1v) is 8.44. The average Bonchev–Trinajstić information content (AvgIpc) is 3.02. The summed E-state index contributed by atoms with van der Waals surface area (Å²) in [5.41, 5.74) is 0.627. The van der Waals surface area contributed by atoms with Crippen molar-refractivity contribution in [3.63, 3.8) is 0 Å². The van der Waals surface area contributed by atoms with Crippen molar-refractivity contribution >= 4 is 0 Å². The molecule has 2 saturated carbocycles. The second-order valence-electron chi connectivity index (χ2n) is 8.29. The van der Waals surface area contributed by atoms with Gasteiger partial charge in [0.15, 0.2) is 0 Å². The van der Waals surface area contributed by atoms with Crippen LogP contribution < -0.4 is 0 Å². The number of hydrogen-bond donors (Lipinski definition) is 1. The van der Waals surface area contributed by atoms with Gasteiger partial charge in [-0.15, -0.1) is 0 Å². The molecule has 2 aliphatic carbocycles. The van der Waals surface area contributed by atoms with Gasteiger partial charge in [-0.3, -0.25) is 0 Å².